The van der Waals surface area contributed by atoms with Crippen molar-refractivity contribution in [2.75, 3.05) is 28.3 Å². The third kappa shape index (κ3) is 10.3. The van der Waals surface area contributed by atoms with Gasteiger partial charge in [0.15, 0.2) is 0 Å². The lowest BCUT2D eigenvalue weighted by atomic mass is 10.1. The highest BCUT2D eigenvalue weighted by Crippen LogP contribution is 2.19. The van der Waals surface area contributed by atoms with E-state index in [1.54, 1.807) is 40.4 Å². The number of ether oxygens (including phenoxy) is 2. The Balaban J connectivity index is 0.00000308. The molecule has 0 fully saturated rings. The maximum atomic E-state index is 12.4. The molecule has 2 N–H and O–H groups in total. The van der Waals surface area contributed by atoms with Crippen molar-refractivity contribution in [3.05, 3.63) is 58.7 Å². The fraction of sp³-hybridized carbons (Fsp3) is 0.407. The lowest BCUT2D eigenvalue weighted by molar-refractivity contribution is -0.132. The first-order valence-corrected chi connectivity index (χ1v) is 12.8. The molecule has 8 nitrogen and oxygen atoms in total. The summed E-state index contributed by atoms with van der Waals surface area (Å²) in [6, 6.07) is 11.0. The zero-order chi connectivity index (χ0) is 28.7. The van der Waals surface area contributed by atoms with Gasteiger partial charge in [-0.15, -0.1) is 0 Å². The van der Waals surface area contributed by atoms with Crippen LogP contribution in [0, 0.1) is 13.8 Å². The SMILES string of the molecule is CC.CC.COc1ccc(C)c(C(=S)N(C)NC(=O)CC(=O)NN(C)C(=S)c2cc(OC)ccc2C)c1. The van der Waals surface area contributed by atoms with Crippen LogP contribution in [0.1, 0.15) is 56.4 Å². The third-order valence-corrected chi connectivity index (χ3v) is 5.85. The summed E-state index contributed by atoms with van der Waals surface area (Å²) in [5.74, 6) is 0.272. The van der Waals surface area contributed by atoms with Crippen molar-refractivity contribution in [3.8, 4) is 11.5 Å². The molecule has 0 saturated heterocycles. The zero-order valence-electron chi connectivity index (χ0n) is 23.5. The van der Waals surface area contributed by atoms with Crippen molar-refractivity contribution in [3.63, 3.8) is 0 Å². The van der Waals surface area contributed by atoms with Crippen molar-refractivity contribution in [2.24, 2.45) is 0 Å². The monoisotopic (exact) mass is 548 g/mol. The van der Waals surface area contributed by atoms with Gasteiger partial charge < -0.3 is 9.47 Å². The molecular formula is C27H40N4O4S2. The maximum absolute atomic E-state index is 12.4. The second-order valence-corrected chi connectivity index (χ2v) is 8.11. The Kier molecular flexibility index (Phi) is 15.7. The number of nitrogens with one attached hydrogen (secondary N) is 2. The third-order valence-electron chi connectivity index (χ3n) is 4.87. The van der Waals surface area contributed by atoms with Gasteiger partial charge in [0.25, 0.3) is 0 Å². The van der Waals surface area contributed by atoms with Gasteiger partial charge in [0.1, 0.15) is 27.9 Å². The number of hydrazine groups is 2. The molecule has 2 aromatic carbocycles. The van der Waals surface area contributed by atoms with Crippen LogP contribution in [-0.4, -0.2) is 60.1 Å². The molecule has 0 saturated carbocycles. The number of benzene rings is 2. The Morgan fingerprint density at radius 2 is 1.05 bits per heavy atom. The summed E-state index contributed by atoms with van der Waals surface area (Å²) in [6.07, 6.45) is -0.409. The molecule has 37 heavy (non-hydrogen) atoms. The highest BCUT2D eigenvalue weighted by Gasteiger charge is 2.18. The molecule has 0 heterocycles. The first kappa shape index (κ1) is 33.8. The molecule has 0 unspecified atom stereocenters. The van der Waals surface area contributed by atoms with E-state index in [2.05, 4.69) is 10.9 Å². The first-order valence-electron chi connectivity index (χ1n) is 12.0. The summed E-state index contributed by atoms with van der Waals surface area (Å²) in [5, 5.41) is 2.81. The quantitative estimate of drug-likeness (QED) is 0.304. The number of amides is 2. The highest BCUT2D eigenvalue weighted by atomic mass is 32.1. The van der Waals surface area contributed by atoms with Crippen LogP contribution in [0.3, 0.4) is 0 Å². The molecule has 0 spiro atoms. The molecule has 0 aromatic heterocycles. The fourth-order valence-corrected chi connectivity index (χ4v) is 3.51. The smallest absolute Gasteiger partial charge is 0.248 e. The number of carbonyl (C=O) groups excluding carboxylic acids is 2. The summed E-state index contributed by atoms with van der Waals surface area (Å²) < 4.78 is 10.5. The molecule has 0 aliphatic heterocycles. The van der Waals surface area contributed by atoms with Crippen molar-refractivity contribution >= 4 is 46.2 Å². The first-order chi connectivity index (χ1) is 17.6. The van der Waals surface area contributed by atoms with Crippen LogP contribution in [-0.2, 0) is 9.59 Å². The van der Waals surface area contributed by atoms with Crippen LogP contribution in [0.25, 0.3) is 0 Å². The van der Waals surface area contributed by atoms with E-state index in [1.165, 1.54) is 10.0 Å². The number of hydrogen-bond donors (Lipinski definition) is 2. The summed E-state index contributed by atoms with van der Waals surface area (Å²) in [4.78, 5) is 25.6. The number of aryl methyl sites for hydroxylation is 2. The number of methoxy groups -OCH3 is 2. The minimum absolute atomic E-state index is 0.395. The molecule has 0 atom stereocenters. The fourth-order valence-electron chi connectivity index (χ4n) is 2.98. The molecule has 0 aliphatic carbocycles. The van der Waals surface area contributed by atoms with Gasteiger partial charge in [-0.3, -0.25) is 30.5 Å². The van der Waals surface area contributed by atoms with E-state index >= 15 is 0 Å². The van der Waals surface area contributed by atoms with Crippen LogP contribution < -0.4 is 20.3 Å². The van der Waals surface area contributed by atoms with E-state index in [9.17, 15) is 9.59 Å². The number of carbonyl (C=O) groups is 2. The van der Waals surface area contributed by atoms with Gasteiger partial charge in [-0.25, -0.2) is 0 Å². The minimum atomic E-state index is -0.519. The molecule has 2 rings (SSSR count). The predicted molar refractivity (Wildman–Crippen MR) is 158 cm³/mol. The Labute approximate surface area is 232 Å². The Hall–Kier alpha value is -3.24. The van der Waals surface area contributed by atoms with Crippen LogP contribution in [0.5, 0.6) is 11.5 Å². The maximum Gasteiger partial charge on any atom is 0.248 e. The molecule has 0 bridgehead atoms. The highest BCUT2D eigenvalue weighted by molar-refractivity contribution is 7.80. The molecule has 204 valence electrons. The zero-order valence-corrected chi connectivity index (χ0v) is 25.1. The van der Waals surface area contributed by atoms with Gasteiger partial charge in [0.05, 0.1) is 14.2 Å². The van der Waals surface area contributed by atoms with E-state index in [4.69, 9.17) is 33.9 Å². The summed E-state index contributed by atoms with van der Waals surface area (Å²) >= 11 is 11.0. The Morgan fingerprint density at radius 1 is 0.730 bits per heavy atom. The molecule has 0 aliphatic rings. The average Bonchev–Trinajstić information content (AvgIpc) is 2.90. The molecule has 2 aromatic rings. The van der Waals surface area contributed by atoms with Crippen LogP contribution in [0.2, 0.25) is 0 Å². The van der Waals surface area contributed by atoms with Gasteiger partial charge in [-0.2, -0.15) is 0 Å². The summed E-state index contributed by atoms with van der Waals surface area (Å²) in [5.41, 5.74) is 8.59. The average molecular weight is 549 g/mol. The van der Waals surface area contributed by atoms with Crippen LogP contribution >= 0.6 is 24.4 Å². The van der Waals surface area contributed by atoms with Gasteiger partial charge in [0, 0.05) is 25.2 Å². The van der Waals surface area contributed by atoms with Gasteiger partial charge >= 0.3 is 0 Å². The second-order valence-electron chi connectivity index (χ2n) is 7.34. The van der Waals surface area contributed by atoms with E-state index in [0.717, 1.165) is 22.3 Å². The van der Waals surface area contributed by atoms with E-state index in [1.807, 2.05) is 65.8 Å². The van der Waals surface area contributed by atoms with Crippen LogP contribution in [0.15, 0.2) is 36.4 Å². The topological polar surface area (TPSA) is 83.1 Å². The molecule has 10 heteroatoms. The predicted octanol–water partition coefficient (Wildman–Crippen LogP) is 4.74. The molecular weight excluding hydrogens is 508 g/mol. The number of hydrogen-bond acceptors (Lipinski definition) is 6. The van der Waals surface area contributed by atoms with Gasteiger partial charge in [0.2, 0.25) is 11.8 Å². The van der Waals surface area contributed by atoms with Crippen LogP contribution in [0.4, 0.5) is 0 Å². The normalized spacial score (nSPS) is 9.35. The number of rotatable bonds is 6. The lowest BCUT2D eigenvalue weighted by Gasteiger charge is -2.24. The Bertz CT molecular complexity index is 993. The van der Waals surface area contributed by atoms with E-state index in [0.29, 0.717) is 21.5 Å². The number of nitrogens with zero attached hydrogens (tertiary/aromatic N) is 2. The Morgan fingerprint density at radius 3 is 1.35 bits per heavy atom. The van der Waals surface area contributed by atoms with Gasteiger partial charge in [-0.05, 0) is 49.2 Å². The van der Waals surface area contributed by atoms with Gasteiger partial charge in [-0.1, -0.05) is 64.3 Å². The van der Waals surface area contributed by atoms with Crippen molar-refractivity contribution in [1.82, 2.24) is 20.9 Å². The van der Waals surface area contributed by atoms with Crippen molar-refractivity contribution in [1.29, 1.82) is 0 Å². The lowest BCUT2D eigenvalue weighted by Crippen LogP contribution is -2.47. The minimum Gasteiger partial charge on any atom is -0.497 e. The van der Waals surface area contributed by atoms with E-state index < -0.39 is 18.2 Å². The summed E-state index contributed by atoms with van der Waals surface area (Å²) in [7, 11) is 6.37. The van der Waals surface area contributed by atoms with Crippen molar-refractivity contribution in [2.45, 2.75) is 48.0 Å². The largest absolute Gasteiger partial charge is 0.497 e. The molecule has 0 radical (unpaired) electrons. The van der Waals surface area contributed by atoms with Crippen molar-refractivity contribution < 1.29 is 19.1 Å². The number of thiocarbonyl (C=S) groups is 2. The standard InChI is InChI=1S/C23H28N4O4S2.2C2H6/c1-14-7-9-16(30-5)11-18(14)22(32)26(3)24-20(28)13-21(29)25-27(4)23(33)19-12-17(31-6)10-8-15(19)2;2*1-2/h7-12H,13H2,1-6H3,(H,24,28)(H,25,29);2*1-2H3. The second kappa shape index (κ2) is 17.3. The summed E-state index contributed by atoms with van der Waals surface area (Å²) in [6.45, 7) is 11.8. The van der Waals surface area contributed by atoms with E-state index in [-0.39, 0.29) is 0 Å². The molecule has 2 amide bonds.